The Labute approximate surface area is 700 Å². The monoisotopic (exact) mass is 1830 g/mol. The molecule has 5 fully saturated rings. The van der Waals surface area contributed by atoms with Crippen LogP contribution in [0.5, 0.6) is 28.7 Å². The number of rotatable bonds is 19. The first-order chi connectivity index (χ1) is 55.1. The Morgan fingerprint density at radius 1 is 0.385 bits per heavy atom. The first-order valence-corrected chi connectivity index (χ1v) is 46.2. The Balaban J connectivity index is 0.000000183. The van der Waals surface area contributed by atoms with Gasteiger partial charge in [-0.15, -0.1) is 0 Å². The van der Waals surface area contributed by atoms with Crippen LogP contribution in [0.1, 0.15) is 78.1 Å². The number of halogens is 10. The second kappa shape index (κ2) is 42.7. The molecule has 0 bridgehead atoms. The Bertz CT molecular complexity index is 5200. The Morgan fingerprint density at radius 3 is 0.897 bits per heavy atom. The van der Waals surface area contributed by atoms with E-state index in [2.05, 4.69) is 4.98 Å². The lowest BCUT2D eigenvalue weighted by atomic mass is 10.00. The molecule has 0 spiro atoms. The average molecular weight is 1840 g/mol. The summed E-state index contributed by atoms with van der Waals surface area (Å²) in [5.41, 5.74) is 0. The van der Waals surface area contributed by atoms with Crippen LogP contribution in [-0.4, -0.2) is 186 Å². The standard InChI is InChI=1S/C18H17ClFNO4S.C16H17ClFN3O4S.2C14H17ClFNO4S.C13H15ClFNO4S/c19-16-9-8-14(11-17(16)20)25-18(22)13-5-4-10-21(12-13)26(23,24)15-6-2-1-3-7-15;1-20-9-15(19-10-20)26(23,24)21-6-2-3-11(8-21)16(22)25-12-4-5-13(17)14(18)7-12;2*1-2-22(19,20)17-7-3-4-10(9-17)14(18)21-11-5-6-12(15)13(16)8-11;1-21(18,19)16-6-2-3-9(8-16)13(17)20-10-4-5-11(14)12(15)7-10/h1-3,6-9,11,13H,4-5,10,12H2;4-5,7,9-11H,2-3,6,8H2,1H3;2*5-6,8,10H,2-4,7,9H2,1H3;4-5,7,9H,2-3,6,8H2,1H3/t13-;11-;10-;;/m000../s1. The number of carbonyl (C=O) groups excluding carboxylic acids is 5. The van der Waals surface area contributed by atoms with E-state index in [0.717, 1.165) is 36.6 Å². The number of hydrogen-bond acceptors (Lipinski definition) is 21. The van der Waals surface area contributed by atoms with Crippen molar-refractivity contribution in [3.05, 3.63) is 188 Å². The number of nitrogens with zero attached hydrogens (tertiary/aromatic N) is 7. The number of aromatic nitrogens is 2. The first-order valence-electron chi connectivity index (χ1n) is 36.4. The molecule has 27 nitrogen and oxygen atoms in total. The van der Waals surface area contributed by atoms with Crippen molar-refractivity contribution in [2.75, 3.05) is 83.2 Å². The molecule has 117 heavy (non-hydrogen) atoms. The van der Waals surface area contributed by atoms with Gasteiger partial charge in [0.2, 0.25) is 40.1 Å². The average Bonchev–Trinajstić information content (AvgIpc) is 1.77. The zero-order valence-corrected chi connectivity index (χ0v) is 71.1. The molecule has 6 aromatic carbocycles. The molecule has 0 amide bonds. The van der Waals surface area contributed by atoms with E-state index < -0.39 is 139 Å². The second-order valence-electron chi connectivity index (χ2n) is 27.2. The molecule has 7 aromatic rings. The van der Waals surface area contributed by atoms with Crippen LogP contribution in [0, 0.1) is 58.7 Å². The second-order valence-corrected chi connectivity index (χ2v) is 39.6. The number of sulfonamides is 5. The van der Waals surface area contributed by atoms with Gasteiger partial charge >= 0.3 is 29.8 Å². The van der Waals surface area contributed by atoms with Crippen LogP contribution in [0.4, 0.5) is 22.0 Å². The molecule has 5 atom stereocenters. The van der Waals surface area contributed by atoms with Crippen molar-refractivity contribution in [1.82, 2.24) is 31.1 Å². The number of imidazole rings is 1. The van der Waals surface area contributed by atoms with Gasteiger partial charge in [-0.2, -0.15) is 8.61 Å². The van der Waals surface area contributed by atoms with Crippen molar-refractivity contribution >= 4 is 138 Å². The summed E-state index contributed by atoms with van der Waals surface area (Å²) >= 11 is 27.9. The SMILES string of the molecule is CCS(=O)(=O)N1CCCC(C(=O)Oc2ccc(Cl)c(F)c2)C1.CCS(=O)(=O)N1CCC[C@H](C(=O)Oc2ccc(Cl)c(F)c2)C1.CS(=O)(=O)N1CCCC(C(=O)Oc2ccc(Cl)c(F)c2)C1.Cn1cnc(S(=O)(=O)N2CCC[C@H](C(=O)Oc3ccc(Cl)c(F)c3)C2)c1.O=C(Oc1ccc(Cl)c(F)c1)[C@H]1CCCN(S(=O)(=O)c2ccccc2)C1. The molecule has 0 radical (unpaired) electrons. The molecule has 0 N–H and O–H groups in total. The van der Waals surface area contributed by atoms with Crippen molar-refractivity contribution in [3.8, 4) is 28.7 Å². The highest BCUT2D eigenvalue weighted by Gasteiger charge is 2.39. The quantitative estimate of drug-likeness (QED) is 0.0412. The lowest BCUT2D eigenvalue weighted by Gasteiger charge is -2.30. The van der Waals surface area contributed by atoms with E-state index in [1.54, 1.807) is 39.1 Å². The molecule has 6 heterocycles. The zero-order valence-electron chi connectivity index (χ0n) is 63.3. The van der Waals surface area contributed by atoms with Gasteiger partial charge in [-0.05, 0) is 151 Å². The van der Waals surface area contributed by atoms with E-state index in [1.165, 1.54) is 111 Å². The van der Waals surface area contributed by atoms with Gasteiger partial charge in [-0.3, -0.25) is 24.0 Å². The highest BCUT2D eigenvalue weighted by atomic mass is 35.5. The molecule has 5 saturated heterocycles. The molecule has 0 saturated carbocycles. The fourth-order valence-electron chi connectivity index (χ4n) is 12.4. The summed E-state index contributed by atoms with van der Waals surface area (Å²) < 4.78 is 222. The van der Waals surface area contributed by atoms with Crippen molar-refractivity contribution in [1.29, 1.82) is 0 Å². The minimum Gasteiger partial charge on any atom is -0.426 e. The predicted octanol–water partition coefficient (Wildman–Crippen LogP) is 12.7. The fraction of sp³-hybridized carbons (Fsp3) is 0.413. The minimum atomic E-state index is -3.78. The number of benzene rings is 6. The third-order valence-electron chi connectivity index (χ3n) is 18.8. The van der Waals surface area contributed by atoms with Gasteiger partial charge in [0.25, 0.3) is 10.0 Å². The zero-order chi connectivity index (χ0) is 85.9. The Hall–Kier alpha value is -7.47. The number of aryl methyl sites for hydroxylation is 1. The van der Waals surface area contributed by atoms with Crippen molar-refractivity contribution in [3.63, 3.8) is 0 Å². The lowest BCUT2D eigenvalue weighted by molar-refractivity contribution is -0.141. The minimum absolute atomic E-state index is 0.00281. The van der Waals surface area contributed by atoms with Crippen LogP contribution in [0.25, 0.3) is 0 Å². The van der Waals surface area contributed by atoms with E-state index in [1.807, 2.05) is 0 Å². The molecule has 12 rings (SSSR count). The highest BCUT2D eigenvalue weighted by molar-refractivity contribution is 7.90. The fourth-order valence-corrected chi connectivity index (χ4v) is 19.3. The topological polar surface area (TPSA) is 336 Å². The smallest absolute Gasteiger partial charge is 0.315 e. The molecule has 5 aliphatic rings. The van der Waals surface area contributed by atoms with E-state index in [-0.39, 0.29) is 108 Å². The predicted molar refractivity (Wildman–Crippen MR) is 424 cm³/mol. The number of ether oxygens (including phenoxy) is 5. The highest BCUT2D eigenvalue weighted by Crippen LogP contribution is 2.33. The largest absolute Gasteiger partial charge is 0.426 e. The summed E-state index contributed by atoms with van der Waals surface area (Å²) in [5.74, 6) is -8.93. The van der Waals surface area contributed by atoms with Gasteiger partial charge in [-0.25, -0.2) is 81.9 Å². The van der Waals surface area contributed by atoms with Crippen LogP contribution >= 0.6 is 58.0 Å². The Morgan fingerprint density at radius 2 is 0.641 bits per heavy atom. The molecular weight excluding hydrogens is 1750 g/mol. The van der Waals surface area contributed by atoms with Crippen LogP contribution in [0.2, 0.25) is 25.1 Å². The van der Waals surface area contributed by atoms with Crippen molar-refractivity contribution in [2.45, 2.75) is 88.0 Å². The van der Waals surface area contributed by atoms with Gasteiger partial charge in [0.15, 0.2) is 5.03 Å². The molecule has 42 heteroatoms. The van der Waals surface area contributed by atoms with Crippen LogP contribution in [0.3, 0.4) is 0 Å². The third-order valence-corrected chi connectivity index (χ3v) is 28.9. The molecular formula is C75H83Cl5F5N7O20S5. The van der Waals surface area contributed by atoms with Gasteiger partial charge in [-0.1, -0.05) is 76.2 Å². The van der Waals surface area contributed by atoms with E-state index >= 15 is 0 Å². The van der Waals surface area contributed by atoms with E-state index in [0.29, 0.717) is 96.9 Å². The first kappa shape index (κ1) is 95.0. The molecule has 5 aliphatic heterocycles. The van der Waals surface area contributed by atoms with E-state index in [4.69, 9.17) is 81.7 Å². The number of hydrogen-bond donors (Lipinski definition) is 0. The van der Waals surface area contributed by atoms with Crippen molar-refractivity contribution < 1.29 is 112 Å². The van der Waals surface area contributed by atoms with Crippen LogP contribution in [-0.2, 0) is 81.1 Å². The third kappa shape index (κ3) is 27.3. The normalized spacial score (nSPS) is 19.4. The molecule has 1 aromatic heterocycles. The Kier molecular flexibility index (Phi) is 34.6. The van der Waals surface area contributed by atoms with Gasteiger partial charge in [0.1, 0.15) is 57.8 Å². The molecule has 2 unspecified atom stereocenters. The molecule has 0 aliphatic carbocycles. The van der Waals surface area contributed by atoms with Crippen LogP contribution < -0.4 is 23.7 Å². The van der Waals surface area contributed by atoms with Crippen LogP contribution in [0.15, 0.2) is 144 Å². The maximum absolute atomic E-state index is 13.5. The summed E-state index contributed by atoms with van der Waals surface area (Å²) in [7, 11) is -15.7. The van der Waals surface area contributed by atoms with Gasteiger partial charge < -0.3 is 28.3 Å². The summed E-state index contributed by atoms with van der Waals surface area (Å²) in [6, 6.07) is 26.7. The van der Waals surface area contributed by atoms with Gasteiger partial charge in [0.05, 0.1) is 83.7 Å². The number of esters is 5. The summed E-state index contributed by atoms with van der Waals surface area (Å²) in [4.78, 5) is 65.1. The van der Waals surface area contributed by atoms with Gasteiger partial charge in [0, 0.05) is 109 Å². The number of carbonyl (C=O) groups is 5. The maximum Gasteiger partial charge on any atom is 0.315 e. The van der Waals surface area contributed by atoms with Crippen molar-refractivity contribution in [2.24, 2.45) is 36.6 Å². The summed E-state index contributed by atoms with van der Waals surface area (Å²) in [5, 5.41) is -0.377. The summed E-state index contributed by atoms with van der Waals surface area (Å²) in [6.45, 7) is 5.32. The van der Waals surface area contributed by atoms with E-state index in [9.17, 15) is 88.0 Å². The number of piperidine rings is 5. The molecule has 638 valence electrons. The maximum atomic E-state index is 13.5. The summed E-state index contributed by atoms with van der Waals surface area (Å²) in [6.07, 6.45) is 9.38. The lowest BCUT2D eigenvalue weighted by Crippen LogP contribution is -2.43.